The maximum atomic E-state index is 12.0. The van der Waals surface area contributed by atoms with Crippen molar-refractivity contribution in [3.05, 3.63) is 33.8 Å². The third kappa shape index (κ3) is 5.21. The van der Waals surface area contributed by atoms with Crippen LogP contribution in [0.1, 0.15) is 49.0 Å². The average Bonchev–Trinajstić information content (AvgIpc) is 2.31. The first-order valence-electron chi connectivity index (χ1n) is 6.55. The average molecular weight is 312 g/mol. The molecule has 0 unspecified atom stereocenters. The first kappa shape index (κ1) is 15.2. The molecule has 0 aliphatic carbocycles. The van der Waals surface area contributed by atoms with E-state index in [0.717, 1.165) is 34.5 Å². The van der Waals surface area contributed by atoms with E-state index < -0.39 is 0 Å². The highest BCUT2D eigenvalue weighted by atomic mass is 79.9. The summed E-state index contributed by atoms with van der Waals surface area (Å²) < 4.78 is 0.943. The number of nitrogens with one attached hydrogen (secondary N) is 1. The van der Waals surface area contributed by atoms with Gasteiger partial charge in [0.2, 0.25) is 0 Å². The minimum absolute atomic E-state index is 0.0262. The van der Waals surface area contributed by atoms with E-state index in [0.29, 0.717) is 0 Å². The molecule has 1 amide bonds. The molecule has 1 aromatic carbocycles. The zero-order chi connectivity index (χ0) is 13.5. The van der Waals surface area contributed by atoms with Crippen LogP contribution in [0.4, 0.5) is 0 Å². The maximum absolute atomic E-state index is 12.0. The van der Waals surface area contributed by atoms with Crippen LogP contribution in [0.3, 0.4) is 0 Å². The summed E-state index contributed by atoms with van der Waals surface area (Å²) in [6.45, 7) is 7.17. The predicted molar refractivity (Wildman–Crippen MR) is 79.9 cm³/mol. The largest absolute Gasteiger partial charge is 0.352 e. The smallest absolute Gasteiger partial charge is 0.251 e. The Morgan fingerprint density at radius 1 is 1.33 bits per heavy atom. The Bertz CT molecular complexity index is 401. The van der Waals surface area contributed by atoms with Crippen molar-refractivity contribution in [2.24, 2.45) is 5.92 Å². The van der Waals surface area contributed by atoms with Gasteiger partial charge < -0.3 is 5.32 Å². The normalized spacial score (nSPS) is 10.7. The molecule has 0 saturated heterocycles. The van der Waals surface area contributed by atoms with E-state index in [2.05, 4.69) is 35.1 Å². The fourth-order valence-corrected chi connectivity index (χ4v) is 2.17. The van der Waals surface area contributed by atoms with Crippen molar-refractivity contribution in [2.75, 3.05) is 6.54 Å². The van der Waals surface area contributed by atoms with Gasteiger partial charge in [0, 0.05) is 16.6 Å². The van der Waals surface area contributed by atoms with E-state index in [9.17, 15) is 4.79 Å². The number of benzene rings is 1. The summed E-state index contributed by atoms with van der Waals surface area (Å²) in [4.78, 5) is 12.0. The van der Waals surface area contributed by atoms with Crippen molar-refractivity contribution < 1.29 is 4.79 Å². The van der Waals surface area contributed by atoms with E-state index >= 15 is 0 Å². The number of halogens is 1. The Kier molecular flexibility index (Phi) is 6.41. The van der Waals surface area contributed by atoms with Crippen LogP contribution in [-0.2, 0) is 0 Å². The van der Waals surface area contributed by atoms with Crippen LogP contribution in [-0.4, -0.2) is 12.5 Å². The van der Waals surface area contributed by atoms with Crippen LogP contribution in [0.5, 0.6) is 0 Å². The van der Waals surface area contributed by atoms with Gasteiger partial charge in [0.1, 0.15) is 0 Å². The van der Waals surface area contributed by atoms with Crippen LogP contribution in [0.25, 0.3) is 0 Å². The molecule has 2 nitrogen and oxygen atoms in total. The van der Waals surface area contributed by atoms with E-state index in [-0.39, 0.29) is 5.91 Å². The van der Waals surface area contributed by atoms with Crippen molar-refractivity contribution in [1.29, 1.82) is 0 Å². The lowest BCUT2D eigenvalue weighted by atomic mass is 10.1. The second-order valence-electron chi connectivity index (χ2n) is 5.10. The van der Waals surface area contributed by atoms with Crippen molar-refractivity contribution >= 4 is 21.8 Å². The monoisotopic (exact) mass is 311 g/mol. The topological polar surface area (TPSA) is 29.1 Å². The molecular weight excluding hydrogens is 290 g/mol. The molecule has 100 valence electrons. The van der Waals surface area contributed by atoms with E-state index in [1.54, 1.807) is 0 Å². The van der Waals surface area contributed by atoms with Gasteiger partial charge >= 0.3 is 0 Å². The number of unbranched alkanes of at least 4 members (excludes halogenated alkanes) is 1. The van der Waals surface area contributed by atoms with Gasteiger partial charge in [-0.25, -0.2) is 0 Å². The van der Waals surface area contributed by atoms with Gasteiger partial charge in [0.25, 0.3) is 5.91 Å². The zero-order valence-electron chi connectivity index (χ0n) is 11.4. The van der Waals surface area contributed by atoms with Gasteiger partial charge in [0.05, 0.1) is 0 Å². The molecule has 0 aliphatic rings. The molecule has 3 heteroatoms. The SMILES string of the molecule is Cc1ccc(Br)cc1C(=O)NCCCCC(C)C. The summed E-state index contributed by atoms with van der Waals surface area (Å²) in [6.07, 6.45) is 3.46. The molecule has 0 radical (unpaired) electrons. The lowest BCUT2D eigenvalue weighted by Gasteiger charge is -2.09. The lowest BCUT2D eigenvalue weighted by molar-refractivity contribution is 0.0952. The van der Waals surface area contributed by atoms with Crippen LogP contribution in [0, 0.1) is 12.8 Å². The first-order valence-corrected chi connectivity index (χ1v) is 7.34. The van der Waals surface area contributed by atoms with Crippen molar-refractivity contribution in [3.63, 3.8) is 0 Å². The summed E-state index contributed by atoms with van der Waals surface area (Å²) in [6, 6.07) is 5.78. The molecule has 0 aliphatic heterocycles. The number of carbonyl (C=O) groups is 1. The molecule has 0 aromatic heterocycles. The van der Waals surface area contributed by atoms with E-state index in [1.165, 1.54) is 12.8 Å². The van der Waals surface area contributed by atoms with Gasteiger partial charge in [0.15, 0.2) is 0 Å². The lowest BCUT2D eigenvalue weighted by Crippen LogP contribution is -2.25. The predicted octanol–water partition coefficient (Wildman–Crippen LogP) is 4.31. The van der Waals surface area contributed by atoms with Gasteiger partial charge in [-0.15, -0.1) is 0 Å². The maximum Gasteiger partial charge on any atom is 0.251 e. The highest BCUT2D eigenvalue weighted by Crippen LogP contribution is 2.16. The van der Waals surface area contributed by atoms with Crippen LogP contribution in [0.15, 0.2) is 22.7 Å². The highest BCUT2D eigenvalue weighted by molar-refractivity contribution is 9.10. The second kappa shape index (κ2) is 7.57. The molecule has 0 atom stereocenters. The Morgan fingerprint density at radius 2 is 2.06 bits per heavy atom. The van der Waals surface area contributed by atoms with Crippen molar-refractivity contribution in [1.82, 2.24) is 5.32 Å². The molecule has 18 heavy (non-hydrogen) atoms. The zero-order valence-corrected chi connectivity index (χ0v) is 13.0. The number of aryl methyl sites for hydroxylation is 1. The fourth-order valence-electron chi connectivity index (χ4n) is 1.81. The van der Waals surface area contributed by atoms with Gasteiger partial charge in [-0.2, -0.15) is 0 Å². The number of amides is 1. The van der Waals surface area contributed by atoms with Gasteiger partial charge in [-0.05, 0) is 37.0 Å². The summed E-state index contributed by atoms with van der Waals surface area (Å²) in [5.74, 6) is 0.770. The molecular formula is C15H22BrNO. The molecule has 0 spiro atoms. The van der Waals surface area contributed by atoms with Crippen molar-refractivity contribution in [2.45, 2.75) is 40.0 Å². The summed E-state index contributed by atoms with van der Waals surface area (Å²) in [5.41, 5.74) is 1.77. The van der Waals surface area contributed by atoms with Crippen LogP contribution in [0.2, 0.25) is 0 Å². The van der Waals surface area contributed by atoms with Crippen LogP contribution >= 0.6 is 15.9 Å². The molecule has 0 heterocycles. The Hall–Kier alpha value is -0.830. The number of rotatable bonds is 6. The minimum atomic E-state index is 0.0262. The Labute approximate surface area is 118 Å². The minimum Gasteiger partial charge on any atom is -0.352 e. The van der Waals surface area contributed by atoms with E-state index in [1.807, 2.05) is 25.1 Å². The summed E-state index contributed by atoms with van der Waals surface area (Å²) in [7, 11) is 0. The molecule has 1 N–H and O–H groups in total. The van der Waals surface area contributed by atoms with Crippen LogP contribution < -0.4 is 5.32 Å². The number of hydrogen-bond acceptors (Lipinski definition) is 1. The molecule has 0 fully saturated rings. The van der Waals surface area contributed by atoms with Crippen molar-refractivity contribution in [3.8, 4) is 0 Å². The van der Waals surface area contributed by atoms with Gasteiger partial charge in [-0.1, -0.05) is 48.7 Å². The summed E-state index contributed by atoms with van der Waals surface area (Å²) in [5, 5.41) is 2.98. The molecule has 1 aromatic rings. The summed E-state index contributed by atoms with van der Waals surface area (Å²) >= 11 is 3.39. The first-order chi connectivity index (χ1) is 8.50. The quantitative estimate of drug-likeness (QED) is 0.779. The van der Waals surface area contributed by atoms with E-state index in [4.69, 9.17) is 0 Å². The highest BCUT2D eigenvalue weighted by Gasteiger charge is 2.08. The number of carbonyl (C=O) groups excluding carboxylic acids is 1. The van der Waals surface area contributed by atoms with Gasteiger partial charge in [-0.3, -0.25) is 4.79 Å². The molecule has 0 bridgehead atoms. The molecule has 0 saturated carbocycles. The third-order valence-electron chi connectivity index (χ3n) is 2.94. The third-order valence-corrected chi connectivity index (χ3v) is 3.43. The fraction of sp³-hybridized carbons (Fsp3) is 0.533. The standard InChI is InChI=1S/C15H22BrNO/c1-11(2)6-4-5-9-17-15(18)14-10-13(16)8-7-12(14)3/h7-8,10-11H,4-6,9H2,1-3H3,(H,17,18). The molecule has 1 rings (SSSR count). The Balaban J connectivity index is 2.39. The Morgan fingerprint density at radius 3 is 2.72 bits per heavy atom. The second-order valence-corrected chi connectivity index (χ2v) is 6.02. The number of hydrogen-bond donors (Lipinski definition) is 1.